The van der Waals surface area contributed by atoms with E-state index in [1.165, 1.54) is 7.11 Å². The van der Waals surface area contributed by atoms with Crippen LogP contribution in [0.15, 0.2) is 66.3 Å². The molecule has 0 radical (unpaired) electrons. The molecule has 0 spiro atoms. The van der Waals surface area contributed by atoms with E-state index < -0.39 is 5.97 Å². The first-order valence-electron chi connectivity index (χ1n) is 7.81. The number of hydrogen-bond donors (Lipinski definition) is 1. The summed E-state index contributed by atoms with van der Waals surface area (Å²) in [6.07, 6.45) is 4.25. The lowest BCUT2D eigenvalue weighted by Crippen LogP contribution is -2.19. The van der Waals surface area contributed by atoms with Crippen LogP contribution in [0.2, 0.25) is 0 Å². The molecule has 3 aromatic rings. The number of esters is 1. The Morgan fingerprint density at radius 1 is 1.12 bits per heavy atom. The van der Waals surface area contributed by atoms with Crippen molar-refractivity contribution < 1.29 is 14.3 Å². The number of carbonyl (C=O) groups excluding carboxylic acids is 2. The van der Waals surface area contributed by atoms with Gasteiger partial charge in [0.05, 0.1) is 25.1 Å². The minimum atomic E-state index is -0.400. The zero-order chi connectivity index (χ0) is 17.6. The van der Waals surface area contributed by atoms with Gasteiger partial charge >= 0.3 is 5.97 Å². The van der Waals surface area contributed by atoms with Gasteiger partial charge in [-0.05, 0) is 47.8 Å². The van der Waals surface area contributed by atoms with Gasteiger partial charge in [-0.25, -0.2) is 4.79 Å². The van der Waals surface area contributed by atoms with Crippen molar-refractivity contribution >= 4 is 28.9 Å². The monoisotopic (exact) mass is 354 g/mol. The van der Waals surface area contributed by atoms with E-state index in [0.717, 1.165) is 4.88 Å². The van der Waals surface area contributed by atoms with Gasteiger partial charge in [-0.2, -0.15) is 0 Å². The average Bonchev–Trinajstić information content (AvgIpc) is 3.33. The first-order valence-corrected chi connectivity index (χ1v) is 8.69. The second kappa shape index (κ2) is 7.81. The van der Waals surface area contributed by atoms with Gasteiger partial charge in [-0.3, -0.25) is 4.79 Å². The second-order valence-electron chi connectivity index (χ2n) is 5.48. The molecule has 25 heavy (non-hydrogen) atoms. The zero-order valence-electron chi connectivity index (χ0n) is 13.7. The van der Waals surface area contributed by atoms with Gasteiger partial charge in [0.15, 0.2) is 0 Å². The quantitative estimate of drug-likeness (QED) is 0.682. The standard InChI is InChI=1S/C19H18N2O3S/c1-24-19(23)14-6-8-15(9-7-14)20-18(22)13-16(17-5-4-12-25-17)21-10-2-3-11-21/h2-12,16H,13H2,1H3,(H,20,22). The predicted octanol–water partition coefficient (Wildman–Crippen LogP) is 3.95. The van der Waals surface area contributed by atoms with E-state index in [0.29, 0.717) is 17.7 Å². The highest BCUT2D eigenvalue weighted by atomic mass is 32.1. The van der Waals surface area contributed by atoms with Crippen molar-refractivity contribution in [3.8, 4) is 0 Å². The number of anilines is 1. The van der Waals surface area contributed by atoms with Crippen molar-refractivity contribution in [1.82, 2.24) is 4.57 Å². The Morgan fingerprint density at radius 2 is 1.84 bits per heavy atom. The number of thiophene rings is 1. The van der Waals surface area contributed by atoms with E-state index in [2.05, 4.69) is 10.1 Å². The number of amides is 1. The summed E-state index contributed by atoms with van der Waals surface area (Å²) in [6.45, 7) is 0. The van der Waals surface area contributed by atoms with Gasteiger partial charge in [0, 0.05) is 23.0 Å². The lowest BCUT2D eigenvalue weighted by molar-refractivity contribution is -0.116. The van der Waals surface area contributed by atoms with Crippen LogP contribution in [0.1, 0.15) is 27.7 Å². The van der Waals surface area contributed by atoms with Gasteiger partial charge < -0.3 is 14.6 Å². The first-order chi connectivity index (χ1) is 12.2. The number of hydrogen-bond acceptors (Lipinski definition) is 4. The van der Waals surface area contributed by atoms with Crippen molar-refractivity contribution in [3.63, 3.8) is 0 Å². The number of nitrogens with zero attached hydrogens (tertiary/aromatic N) is 1. The molecular weight excluding hydrogens is 336 g/mol. The van der Waals surface area contributed by atoms with E-state index in [1.54, 1.807) is 35.6 Å². The van der Waals surface area contributed by atoms with Crippen LogP contribution in [0.25, 0.3) is 0 Å². The highest BCUT2D eigenvalue weighted by Gasteiger charge is 2.18. The normalized spacial score (nSPS) is 11.7. The molecule has 1 N–H and O–H groups in total. The first kappa shape index (κ1) is 17.0. The number of benzene rings is 1. The molecule has 0 aliphatic rings. The molecule has 0 saturated heterocycles. The molecule has 0 aliphatic carbocycles. The van der Waals surface area contributed by atoms with Crippen LogP contribution in [0.3, 0.4) is 0 Å². The molecule has 2 heterocycles. The summed E-state index contributed by atoms with van der Waals surface area (Å²) < 4.78 is 6.70. The summed E-state index contributed by atoms with van der Waals surface area (Å²) in [5, 5.41) is 4.89. The second-order valence-corrected chi connectivity index (χ2v) is 6.46. The highest BCUT2D eigenvalue weighted by Crippen LogP contribution is 2.27. The van der Waals surface area contributed by atoms with Crippen molar-refractivity contribution in [2.75, 3.05) is 12.4 Å². The fourth-order valence-electron chi connectivity index (χ4n) is 2.58. The van der Waals surface area contributed by atoms with Crippen LogP contribution in [0, 0.1) is 0 Å². The summed E-state index contributed by atoms with van der Waals surface area (Å²) in [5.41, 5.74) is 1.10. The number of methoxy groups -OCH3 is 1. The molecule has 6 heteroatoms. The molecule has 0 saturated carbocycles. The molecule has 0 aliphatic heterocycles. The topological polar surface area (TPSA) is 60.3 Å². The third-order valence-electron chi connectivity index (χ3n) is 3.83. The molecular formula is C19H18N2O3S. The summed E-state index contributed by atoms with van der Waals surface area (Å²) in [7, 11) is 1.34. The maximum Gasteiger partial charge on any atom is 0.337 e. The molecule has 1 amide bonds. The maximum absolute atomic E-state index is 12.5. The van der Waals surface area contributed by atoms with E-state index >= 15 is 0 Å². The van der Waals surface area contributed by atoms with Gasteiger partial charge in [-0.15, -0.1) is 11.3 Å². The zero-order valence-corrected chi connectivity index (χ0v) is 14.5. The van der Waals surface area contributed by atoms with Crippen molar-refractivity contribution in [1.29, 1.82) is 0 Å². The van der Waals surface area contributed by atoms with Crippen LogP contribution < -0.4 is 5.32 Å². The van der Waals surface area contributed by atoms with Gasteiger partial charge in [0.25, 0.3) is 0 Å². The predicted molar refractivity (Wildman–Crippen MR) is 97.9 cm³/mol. The van der Waals surface area contributed by atoms with Crippen molar-refractivity contribution in [2.45, 2.75) is 12.5 Å². The number of rotatable bonds is 6. The molecule has 128 valence electrons. The minimum Gasteiger partial charge on any atom is -0.465 e. The molecule has 0 fully saturated rings. The lowest BCUT2D eigenvalue weighted by Gasteiger charge is -2.17. The Kier molecular flexibility index (Phi) is 5.30. The summed E-state index contributed by atoms with van der Waals surface area (Å²) in [4.78, 5) is 25.1. The Bertz CT molecular complexity index is 790. The van der Waals surface area contributed by atoms with Gasteiger partial charge in [0.2, 0.25) is 5.91 Å². The van der Waals surface area contributed by atoms with E-state index in [1.807, 2.05) is 46.6 Å². The summed E-state index contributed by atoms with van der Waals surface area (Å²) >= 11 is 1.63. The summed E-state index contributed by atoms with van der Waals surface area (Å²) in [6, 6.07) is 14.5. The third kappa shape index (κ3) is 4.16. The van der Waals surface area contributed by atoms with Gasteiger partial charge in [0.1, 0.15) is 0 Å². The van der Waals surface area contributed by atoms with E-state index in [9.17, 15) is 9.59 Å². The Morgan fingerprint density at radius 3 is 2.44 bits per heavy atom. The number of carbonyl (C=O) groups is 2. The largest absolute Gasteiger partial charge is 0.465 e. The average molecular weight is 354 g/mol. The van der Waals surface area contributed by atoms with Crippen LogP contribution in [0.5, 0.6) is 0 Å². The Labute approximate surface area is 149 Å². The molecule has 5 nitrogen and oxygen atoms in total. The Hall–Kier alpha value is -2.86. The summed E-state index contributed by atoms with van der Waals surface area (Å²) in [5.74, 6) is -0.485. The molecule has 1 atom stereocenters. The highest BCUT2D eigenvalue weighted by molar-refractivity contribution is 7.10. The third-order valence-corrected chi connectivity index (χ3v) is 4.80. The number of ether oxygens (including phenoxy) is 1. The van der Waals surface area contributed by atoms with Crippen LogP contribution >= 0.6 is 11.3 Å². The smallest absolute Gasteiger partial charge is 0.337 e. The minimum absolute atomic E-state index is 0.0376. The fourth-order valence-corrected chi connectivity index (χ4v) is 3.42. The van der Waals surface area contributed by atoms with E-state index in [4.69, 9.17) is 0 Å². The molecule has 1 unspecified atom stereocenters. The van der Waals surface area contributed by atoms with Crippen LogP contribution in [0.4, 0.5) is 5.69 Å². The molecule has 2 aromatic heterocycles. The maximum atomic E-state index is 12.5. The van der Waals surface area contributed by atoms with E-state index in [-0.39, 0.29) is 11.9 Å². The van der Waals surface area contributed by atoms with Crippen LogP contribution in [-0.2, 0) is 9.53 Å². The Balaban J connectivity index is 1.69. The number of nitrogens with one attached hydrogen (secondary N) is 1. The molecule has 0 bridgehead atoms. The van der Waals surface area contributed by atoms with Crippen LogP contribution in [-0.4, -0.2) is 23.6 Å². The SMILES string of the molecule is COC(=O)c1ccc(NC(=O)CC(c2cccs2)n2cccc2)cc1. The molecule has 3 rings (SSSR count). The lowest BCUT2D eigenvalue weighted by atomic mass is 10.1. The molecule has 1 aromatic carbocycles. The fraction of sp³-hybridized carbons (Fsp3) is 0.158. The number of aromatic nitrogens is 1. The van der Waals surface area contributed by atoms with Crippen molar-refractivity contribution in [2.24, 2.45) is 0 Å². The van der Waals surface area contributed by atoms with Gasteiger partial charge in [-0.1, -0.05) is 6.07 Å². The van der Waals surface area contributed by atoms with Crippen molar-refractivity contribution in [3.05, 3.63) is 76.7 Å².